The topological polar surface area (TPSA) is 133 Å². The number of urea groups is 1. The third-order valence-electron chi connectivity index (χ3n) is 3.69. The van der Waals surface area contributed by atoms with Gasteiger partial charge in [0.25, 0.3) is 5.91 Å². The van der Waals surface area contributed by atoms with Gasteiger partial charge >= 0.3 is 6.03 Å². The van der Waals surface area contributed by atoms with E-state index in [2.05, 4.69) is 25.9 Å². The molecule has 0 aliphatic heterocycles. The zero-order valence-corrected chi connectivity index (χ0v) is 16.4. The number of phenols is 1. The second-order valence-electron chi connectivity index (χ2n) is 5.65. The van der Waals surface area contributed by atoms with Crippen molar-refractivity contribution < 1.29 is 19.5 Å². The summed E-state index contributed by atoms with van der Waals surface area (Å²) in [4.78, 5) is 43.6. The van der Waals surface area contributed by atoms with E-state index in [-0.39, 0.29) is 20.9 Å². The molecule has 0 spiro atoms. The Hall–Kier alpha value is -3.31. The SMILES string of the molecule is Cc1ccc(O)c(C)c1NC(=O)c1cnc(NC(=O)Nc2ncc(C=O)s2)s1. The molecular formula is C17H15N5O4S2. The number of phenolic OH excluding ortho intramolecular Hbond substituents is 1. The van der Waals surface area contributed by atoms with E-state index in [4.69, 9.17) is 0 Å². The van der Waals surface area contributed by atoms with Gasteiger partial charge in [-0.25, -0.2) is 14.8 Å². The summed E-state index contributed by atoms with van der Waals surface area (Å²) >= 11 is 2.03. The molecule has 9 nitrogen and oxygen atoms in total. The Balaban J connectivity index is 1.65. The summed E-state index contributed by atoms with van der Waals surface area (Å²) in [7, 11) is 0. The standard InChI is InChI=1S/C17H15N5O4S2/c1-8-3-4-11(24)9(2)13(8)20-14(25)12-6-19-17(28-12)22-15(26)21-16-18-5-10(7-23)27-16/h3-7,24H,1-2H3,(H,20,25)(H2,18,19,21,22,26). The van der Waals surface area contributed by atoms with Gasteiger partial charge in [-0.3, -0.25) is 20.2 Å². The molecule has 0 aliphatic rings. The predicted molar refractivity (Wildman–Crippen MR) is 108 cm³/mol. The fourth-order valence-electron chi connectivity index (χ4n) is 2.26. The maximum Gasteiger partial charge on any atom is 0.327 e. The van der Waals surface area contributed by atoms with Crippen LogP contribution in [0.5, 0.6) is 5.75 Å². The summed E-state index contributed by atoms with van der Waals surface area (Å²) < 4.78 is 0. The Morgan fingerprint density at radius 3 is 2.39 bits per heavy atom. The molecular weight excluding hydrogens is 402 g/mol. The molecule has 0 saturated carbocycles. The number of carbonyl (C=O) groups excluding carboxylic acids is 3. The zero-order valence-electron chi connectivity index (χ0n) is 14.8. The maximum absolute atomic E-state index is 12.5. The molecule has 0 aliphatic carbocycles. The van der Waals surface area contributed by atoms with E-state index < -0.39 is 11.9 Å². The molecule has 0 saturated heterocycles. The molecule has 0 fully saturated rings. The highest BCUT2D eigenvalue weighted by atomic mass is 32.1. The molecule has 3 amide bonds. The lowest BCUT2D eigenvalue weighted by molar-refractivity contribution is 0.102. The van der Waals surface area contributed by atoms with Crippen molar-refractivity contribution in [2.75, 3.05) is 16.0 Å². The summed E-state index contributed by atoms with van der Waals surface area (Å²) in [6, 6.07) is 2.68. The summed E-state index contributed by atoms with van der Waals surface area (Å²) in [5.74, 6) is -0.317. The first-order valence-corrected chi connectivity index (χ1v) is 9.56. The largest absolute Gasteiger partial charge is 0.508 e. The summed E-state index contributed by atoms with van der Waals surface area (Å²) in [6.07, 6.45) is 3.34. The van der Waals surface area contributed by atoms with Gasteiger partial charge in [-0.2, -0.15) is 0 Å². The third kappa shape index (κ3) is 4.32. The van der Waals surface area contributed by atoms with Crippen LogP contribution in [0.4, 0.5) is 20.7 Å². The van der Waals surface area contributed by atoms with Crippen LogP contribution in [0.1, 0.15) is 30.5 Å². The minimum absolute atomic E-state index is 0.0872. The van der Waals surface area contributed by atoms with E-state index in [1.165, 1.54) is 12.4 Å². The number of aromatic nitrogens is 2. The van der Waals surface area contributed by atoms with Gasteiger partial charge in [0, 0.05) is 5.56 Å². The minimum Gasteiger partial charge on any atom is -0.508 e. The van der Waals surface area contributed by atoms with E-state index in [1.54, 1.807) is 19.1 Å². The molecule has 28 heavy (non-hydrogen) atoms. The molecule has 1 aromatic carbocycles. The van der Waals surface area contributed by atoms with Crippen molar-refractivity contribution in [3.8, 4) is 5.75 Å². The van der Waals surface area contributed by atoms with Crippen LogP contribution in [0.15, 0.2) is 24.5 Å². The number of rotatable bonds is 5. The van der Waals surface area contributed by atoms with Gasteiger partial charge in [0.1, 0.15) is 10.6 Å². The highest BCUT2D eigenvalue weighted by molar-refractivity contribution is 7.18. The van der Waals surface area contributed by atoms with Crippen molar-refractivity contribution in [3.05, 3.63) is 45.4 Å². The molecule has 11 heteroatoms. The molecule has 0 radical (unpaired) electrons. The van der Waals surface area contributed by atoms with Crippen LogP contribution in [0.2, 0.25) is 0 Å². The summed E-state index contributed by atoms with van der Waals surface area (Å²) in [6.45, 7) is 3.53. The van der Waals surface area contributed by atoms with Crippen LogP contribution in [-0.4, -0.2) is 33.3 Å². The van der Waals surface area contributed by atoms with Gasteiger partial charge in [0.2, 0.25) is 0 Å². The van der Waals surface area contributed by atoms with Gasteiger partial charge < -0.3 is 10.4 Å². The molecule has 0 bridgehead atoms. The van der Waals surface area contributed by atoms with Crippen molar-refractivity contribution in [2.24, 2.45) is 0 Å². The average molecular weight is 417 g/mol. The highest BCUT2D eigenvalue weighted by Crippen LogP contribution is 2.29. The van der Waals surface area contributed by atoms with E-state index >= 15 is 0 Å². The fraction of sp³-hybridized carbons (Fsp3) is 0.118. The highest BCUT2D eigenvalue weighted by Gasteiger charge is 2.16. The molecule has 0 unspecified atom stereocenters. The van der Waals surface area contributed by atoms with Crippen molar-refractivity contribution >= 4 is 56.8 Å². The van der Waals surface area contributed by atoms with E-state index in [0.717, 1.165) is 28.2 Å². The predicted octanol–water partition coefficient (Wildman–Crippen LogP) is 3.63. The number of aryl methyl sites for hydroxylation is 1. The van der Waals surface area contributed by atoms with Gasteiger partial charge in [0.05, 0.1) is 23.0 Å². The minimum atomic E-state index is -0.590. The number of amides is 3. The molecule has 0 atom stereocenters. The monoisotopic (exact) mass is 417 g/mol. The first-order valence-electron chi connectivity index (χ1n) is 7.92. The quantitative estimate of drug-likeness (QED) is 0.469. The number of hydrogen-bond donors (Lipinski definition) is 4. The summed E-state index contributed by atoms with van der Waals surface area (Å²) in [5.41, 5.74) is 1.90. The van der Waals surface area contributed by atoms with Crippen LogP contribution in [0, 0.1) is 13.8 Å². The number of nitrogens with zero attached hydrogens (tertiary/aromatic N) is 2. The van der Waals surface area contributed by atoms with Crippen LogP contribution >= 0.6 is 22.7 Å². The zero-order chi connectivity index (χ0) is 20.3. The number of nitrogens with one attached hydrogen (secondary N) is 3. The first-order chi connectivity index (χ1) is 13.4. The van der Waals surface area contributed by atoms with Crippen molar-refractivity contribution in [1.29, 1.82) is 0 Å². The van der Waals surface area contributed by atoms with Crippen LogP contribution in [0.25, 0.3) is 0 Å². The summed E-state index contributed by atoms with van der Waals surface area (Å²) in [5, 5.41) is 18.0. The molecule has 3 aromatic rings. The van der Waals surface area contributed by atoms with Crippen molar-refractivity contribution in [3.63, 3.8) is 0 Å². The third-order valence-corrected chi connectivity index (χ3v) is 5.44. The number of aldehydes is 1. The Morgan fingerprint density at radius 2 is 1.71 bits per heavy atom. The number of carbonyl (C=O) groups is 3. The van der Waals surface area contributed by atoms with Gasteiger partial charge in [-0.15, -0.1) is 0 Å². The lowest BCUT2D eigenvalue weighted by Crippen LogP contribution is -2.19. The molecule has 2 heterocycles. The normalized spacial score (nSPS) is 10.4. The number of thiazole rings is 2. The Kier molecular flexibility index (Phi) is 5.66. The smallest absolute Gasteiger partial charge is 0.327 e. The van der Waals surface area contributed by atoms with E-state index in [0.29, 0.717) is 22.4 Å². The number of anilines is 3. The number of hydrogen-bond acceptors (Lipinski definition) is 8. The Bertz CT molecular complexity index is 1060. The van der Waals surface area contributed by atoms with Crippen molar-refractivity contribution in [2.45, 2.75) is 13.8 Å². The maximum atomic E-state index is 12.5. The Morgan fingerprint density at radius 1 is 1.04 bits per heavy atom. The molecule has 2 aromatic heterocycles. The first kappa shape index (κ1) is 19.5. The lowest BCUT2D eigenvalue weighted by Gasteiger charge is -2.11. The fourth-order valence-corrected chi connectivity index (χ4v) is 3.60. The Labute approximate surface area is 167 Å². The lowest BCUT2D eigenvalue weighted by atomic mass is 10.1. The molecule has 144 valence electrons. The molecule has 4 N–H and O–H groups in total. The van der Waals surface area contributed by atoms with Crippen molar-refractivity contribution in [1.82, 2.24) is 9.97 Å². The van der Waals surface area contributed by atoms with Gasteiger partial charge in [-0.05, 0) is 25.5 Å². The van der Waals surface area contributed by atoms with Crippen LogP contribution in [-0.2, 0) is 0 Å². The second kappa shape index (κ2) is 8.15. The number of aromatic hydroxyl groups is 1. The second-order valence-corrected chi connectivity index (χ2v) is 7.74. The van der Waals surface area contributed by atoms with Gasteiger partial charge in [0.15, 0.2) is 16.5 Å². The van der Waals surface area contributed by atoms with Crippen LogP contribution < -0.4 is 16.0 Å². The van der Waals surface area contributed by atoms with Gasteiger partial charge in [-0.1, -0.05) is 28.7 Å². The average Bonchev–Trinajstić information content (AvgIpc) is 3.31. The van der Waals surface area contributed by atoms with Crippen LogP contribution in [0.3, 0.4) is 0 Å². The molecule has 3 rings (SSSR count). The van der Waals surface area contributed by atoms with E-state index in [9.17, 15) is 19.5 Å². The number of benzene rings is 1. The van der Waals surface area contributed by atoms with E-state index in [1.807, 2.05) is 6.92 Å².